The average Bonchev–Trinajstić information content (AvgIpc) is 2.38. The van der Waals surface area contributed by atoms with Gasteiger partial charge in [-0.05, 0) is 18.2 Å². The number of nitrogens with one attached hydrogen (secondary N) is 3. The van der Waals surface area contributed by atoms with Gasteiger partial charge in [0.1, 0.15) is 6.07 Å². The zero-order chi connectivity index (χ0) is 14.3. The highest BCUT2D eigenvalue weighted by atomic mass is 35.5. The maximum absolute atomic E-state index is 11.6. The molecule has 0 aliphatic heterocycles. The topological polar surface area (TPSA) is 94.0 Å². The van der Waals surface area contributed by atoms with Crippen molar-refractivity contribution in [2.24, 2.45) is 0 Å². The highest BCUT2D eigenvalue weighted by molar-refractivity contribution is 6.31. The van der Waals surface area contributed by atoms with Crippen molar-refractivity contribution >= 4 is 29.1 Å². The van der Waals surface area contributed by atoms with E-state index < -0.39 is 0 Å². The second-order valence-electron chi connectivity index (χ2n) is 3.63. The van der Waals surface area contributed by atoms with Crippen molar-refractivity contribution in [2.75, 3.05) is 25.5 Å². The molecule has 1 rings (SSSR count). The molecule has 1 aromatic rings. The number of amides is 2. The smallest absolute Gasteiger partial charge is 0.238 e. The third kappa shape index (κ3) is 4.95. The van der Waals surface area contributed by atoms with Crippen molar-refractivity contribution in [3.05, 3.63) is 28.8 Å². The molecule has 0 atom stereocenters. The predicted molar refractivity (Wildman–Crippen MR) is 71.7 cm³/mol. The maximum Gasteiger partial charge on any atom is 0.238 e. The van der Waals surface area contributed by atoms with E-state index in [0.717, 1.165) is 0 Å². The lowest BCUT2D eigenvalue weighted by Crippen LogP contribution is -2.36. The van der Waals surface area contributed by atoms with Crippen LogP contribution in [0.2, 0.25) is 5.02 Å². The van der Waals surface area contributed by atoms with Crippen LogP contribution in [0.25, 0.3) is 0 Å². The molecule has 19 heavy (non-hydrogen) atoms. The van der Waals surface area contributed by atoms with Gasteiger partial charge in [0.2, 0.25) is 11.8 Å². The van der Waals surface area contributed by atoms with Crippen molar-refractivity contribution in [3.63, 3.8) is 0 Å². The highest BCUT2D eigenvalue weighted by Gasteiger charge is 2.08. The number of nitriles is 1. The summed E-state index contributed by atoms with van der Waals surface area (Å²) in [4.78, 5) is 22.5. The Kier molecular flexibility index (Phi) is 5.79. The van der Waals surface area contributed by atoms with Crippen molar-refractivity contribution in [3.8, 4) is 6.07 Å². The van der Waals surface area contributed by atoms with Crippen molar-refractivity contribution in [1.82, 2.24) is 10.6 Å². The fourth-order valence-electron chi connectivity index (χ4n) is 1.29. The largest absolute Gasteiger partial charge is 0.358 e. The van der Waals surface area contributed by atoms with Crippen LogP contribution in [-0.2, 0) is 9.59 Å². The lowest BCUT2D eigenvalue weighted by Gasteiger charge is -2.08. The summed E-state index contributed by atoms with van der Waals surface area (Å²) in [5, 5.41) is 17.0. The third-order valence-corrected chi connectivity index (χ3v) is 2.46. The summed E-state index contributed by atoms with van der Waals surface area (Å²) in [7, 11) is 1.51. The van der Waals surface area contributed by atoms with Gasteiger partial charge in [0.05, 0.1) is 24.3 Å². The van der Waals surface area contributed by atoms with Gasteiger partial charge in [-0.3, -0.25) is 14.9 Å². The molecule has 0 fully saturated rings. The zero-order valence-corrected chi connectivity index (χ0v) is 11.0. The Bertz CT molecular complexity index is 525. The van der Waals surface area contributed by atoms with E-state index in [0.29, 0.717) is 16.3 Å². The number of rotatable bonds is 5. The summed E-state index contributed by atoms with van der Waals surface area (Å²) in [6, 6.07) is 6.54. The van der Waals surface area contributed by atoms with E-state index in [4.69, 9.17) is 16.9 Å². The second kappa shape index (κ2) is 7.36. The molecular formula is C12H13ClN4O2. The molecule has 7 heteroatoms. The molecule has 0 aliphatic carbocycles. The van der Waals surface area contributed by atoms with Gasteiger partial charge in [0, 0.05) is 12.1 Å². The molecule has 0 aromatic heterocycles. The summed E-state index contributed by atoms with van der Waals surface area (Å²) in [5.41, 5.74) is 0.672. The fourth-order valence-corrected chi connectivity index (χ4v) is 1.46. The summed E-state index contributed by atoms with van der Waals surface area (Å²) in [5.74, 6) is -0.573. The molecule has 0 heterocycles. The van der Waals surface area contributed by atoms with Crippen LogP contribution in [0.15, 0.2) is 18.2 Å². The molecule has 1 aromatic carbocycles. The van der Waals surface area contributed by atoms with Crippen LogP contribution in [0.5, 0.6) is 0 Å². The van der Waals surface area contributed by atoms with Gasteiger partial charge in [0.25, 0.3) is 0 Å². The standard InChI is InChI=1S/C12H13ClN4O2/c1-15-11(18)6-16-7-12(19)17-10-4-9(13)3-2-8(10)5-14/h2-4,16H,6-7H2,1H3,(H,15,18)(H,17,19). The Morgan fingerprint density at radius 2 is 2.00 bits per heavy atom. The Balaban J connectivity index is 2.55. The van der Waals surface area contributed by atoms with Gasteiger partial charge >= 0.3 is 0 Å². The van der Waals surface area contributed by atoms with Crippen LogP contribution in [0.3, 0.4) is 0 Å². The zero-order valence-electron chi connectivity index (χ0n) is 10.3. The first kappa shape index (κ1) is 15.0. The third-order valence-electron chi connectivity index (χ3n) is 2.23. The minimum absolute atomic E-state index is 0.0369. The molecule has 0 bridgehead atoms. The maximum atomic E-state index is 11.6. The number of anilines is 1. The van der Waals surface area contributed by atoms with E-state index in [9.17, 15) is 9.59 Å². The average molecular weight is 281 g/mol. The van der Waals surface area contributed by atoms with E-state index in [1.807, 2.05) is 6.07 Å². The van der Waals surface area contributed by atoms with E-state index >= 15 is 0 Å². The number of likely N-dealkylation sites (N-methyl/N-ethyl adjacent to an activating group) is 1. The van der Waals surface area contributed by atoms with E-state index in [2.05, 4.69) is 16.0 Å². The molecule has 3 N–H and O–H groups in total. The number of hydrogen-bond donors (Lipinski definition) is 3. The molecule has 0 saturated heterocycles. The molecule has 0 unspecified atom stereocenters. The fraction of sp³-hybridized carbons (Fsp3) is 0.250. The minimum Gasteiger partial charge on any atom is -0.358 e. The van der Waals surface area contributed by atoms with E-state index in [-0.39, 0.29) is 24.9 Å². The Labute approximate surface area is 115 Å². The van der Waals surface area contributed by atoms with Crippen molar-refractivity contribution in [2.45, 2.75) is 0 Å². The van der Waals surface area contributed by atoms with E-state index in [1.54, 1.807) is 6.07 Å². The van der Waals surface area contributed by atoms with Gasteiger partial charge in [0.15, 0.2) is 0 Å². The highest BCUT2D eigenvalue weighted by Crippen LogP contribution is 2.20. The lowest BCUT2D eigenvalue weighted by molar-refractivity contribution is -0.119. The first-order valence-corrected chi connectivity index (χ1v) is 5.85. The molecular weight excluding hydrogens is 268 g/mol. The van der Waals surface area contributed by atoms with Gasteiger partial charge in [-0.1, -0.05) is 11.6 Å². The van der Waals surface area contributed by atoms with Crippen LogP contribution in [0.1, 0.15) is 5.56 Å². The summed E-state index contributed by atoms with van der Waals surface area (Å²) < 4.78 is 0. The first-order chi connectivity index (χ1) is 9.06. The van der Waals surface area contributed by atoms with Crippen LogP contribution in [0.4, 0.5) is 5.69 Å². The van der Waals surface area contributed by atoms with Crippen molar-refractivity contribution in [1.29, 1.82) is 5.26 Å². The van der Waals surface area contributed by atoms with Gasteiger partial charge in [-0.2, -0.15) is 5.26 Å². The molecule has 100 valence electrons. The number of hydrogen-bond acceptors (Lipinski definition) is 4. The lowest BCUT2D eigenvalue weighted by atomic mass is 10.2. The molecule has 0 saturated carbocycles. The number of halogens is 1. The Morgan fingerprint density at radius 1 is 1.32 bits per heavy atom. The van der Waals surface area contributed by atoms with Crippen LogP contribution < -0.4 is 16.0 Å². The van der Waals surface area contributed by atoms with E-state index in [1.165, 1.54) is 19.2 Å². The molecule has 0 radical (unpaired) electrons. The number of carbonyl (C=O) groups excluding carboxylic acids is 2. The first-order valence-electron chi connectivity index (χ1n) is 5.47. The number of carbonyl (C=O) groups is 2. The monoisotopic (exact) mass is 280 g/mol. The van der Waals surface area contributed by atoms with Crippen LogP contribution >= 0.6 is 11.6 Å². The normalized spacial score (nSPS) is 9.53. The minimum atomic E-state index is -0.359. The second-order valence-corrected chi connectivity index (χ2v) is 4.06. The number of benzene rings is 1. The molecule has 0 aliphatic rings. The predicted octanol–water partition coefficient (Wildman–Crippen LogP) is 0.486. The van der Waals surface area contributed by atoms with Gasteiger partial charge < -0.3 is 10.6 Å². The van der Waals surface area contributed by atoms with Crippen LogP contribution in [-0.4, -0.2) is 32.0 Å². The summed E-state index contributed by atoms with van der Waals surface area (Å²) >= 11 is 5.79. The summed E-state index contributed by atoms with van der Waals surface area (Å²) in [6.45, 7) is 0.00930. The summed E-state index contributed by atoms with van der Waals surface area (Å²) in [6.07, 6.45) is 0. The van der Waals surface area contributed by atoms with Crippen LogP contribution in [0, 0.1) is 11.3 Å². The molecule has 6 nitrogen and oxygen atoms in total. The van der Waals surface area contributed by atoms with Crippen molar-refractivity contribution < 1.29 is 9.59 Å². The molecule has 2 amide bonds. The Morgan fingerprint density at radius 3 is 2.63 bits per heavy atom. The Hall–Kier alpha value is -2.10. The SMILES string of the molecule is CNC(=O)CNCC(=O)Nc1cc(Cl)ccc1C#N. The van der Waals surface area contributed by atoms with Gasteiger partial charge in [-0.25, -0.2) is 0 Å². The van der Waals surface area contributed by atoms with Gasteiger partial charge in [-0.15, -0.1) is 0 Å². The molecule has 0 spiro atoms. The number of nitrogens with zero attached hydrogens (tertiary/aromatic N) is 1. The quantitative estimate of drug-likeness (QED) is 0.731.